The first-order valence-electron chi connectivity index (χ1n) is 8.24. The molecule has 2 aromatic carbocycles. The van der Waals surface area contributed by atoms with Gasteiger partial charge in [0.1, 0.15) is 6.04 Å². The van der Waals surface area contributed by atoms with E-state index in [0.717, 1.165) is 0 Å². The fourth-order valence-corrected chi connectivity index (χ4v) is 4.00. The van der Waals surface area contributed by atoms with Crippen LogP contribution in [-0.2, 0) is 4.79 Å². The summed E-state index contributed by atoms with van der Waals surface area (Å²) >= 11 is 13.7. The van der Waals surface area contributed by atoms with Crippen LogP contribution in [0.1, 0.15) is 23.4 Å². The number of rotatable bonds is 6. The number of carbonyl (C=O) groups is 1. The number of carbonyl (C=O) groups excluding carboxylic acids is 1. The quantitative estimate of drug-likeness (QED) is 0.611. The molecule has 134 valence electrons. The number of anilines is 1. The van der Waals surface area contributed by atoms with Gasteiger partial charge in [0.25, 0.3) is 5.91 Å². The molecule has 3 aromatic rings. The van der Waals surface area contributed by atoms with Gasteiger partial charge < -0.3 is 10.6 Å². The van der Waals surface area contributed by atoms with Crippen molar-refractivity contribution in [3.8, 4) is 0 Å². The first-order chi connectivity index (χ1) is 12.5. The molecule has 1 aromatic heterocycles. The molecular formula is C20H19Cl2N2OS+. The number of hydrogen-bond acceptors (Lipinski definition) is 2. The van der Waals surface area contributed by atoms with Crippen LogP contribution in [0.4, 0.5) is 5.69 Å². The van der Waals surface area contributed by atoms with Gasteiger partial charge in [0, 0.05) is 10.6 Å². The lowest BCUT2D eigenvalue weighted by atomic mass is 10.0. The van der Waals surface area contributed by atoms with E-state index in [0.29, 0.717) is 15.7 Å². The van der Waals surface area contributed by atoms with Gasteiger partial charge in [0.2, 0.25) is 0 Å². The van der Waals surface area contributed by atoms with Crippen LogP contribution < -0.4 is 10.6 Å². The zero-order chi connectivity index (χ0) is 18.5. The van der Waals surface area contributed by atoms with E-state index in [1.165, 1.54) is 10.4 Å². The molecule has 0 aliphatic rings. The van der Waals surface area contributed by atoms with Crippen molar-refractivity contribution in [2.45, 2.75) is 19.0 Å². The van der Waals surface area contributed by atoms with Gasteiger partial charge in [-0.1, -0.05) is 59.6 Å². The normalized spacial score (nSPS) is 13.2. The predicted molar refractivity (Wildman–Crippen MR) is 109 cm³/mol. The number of hydrogen-bond donors (Lipinski definition) is 2. The fraction of sp³-hybridized carbons (Fsp3) is 0.150. The molecule has 3 N–H and O–H groups in total. The van der Waals surface area contributed by atoms with E-state index in [2.05, 4.69) is 34.2 Å². The Morgan fingerprint density at radius 2 is 1.85 bits per heavy atom. The highest BCUT2D eigenvalue weighted by Gasteiger charge is 2.25. The van der Waals surface area contributed by atoms with Crippen molar-refractivity contribution in [1.29, 1.82) is 0 Å². The molecule has 0 bridgehead atoms. The molecule has 0 unspecified atom stereocenters. The molecule has 0 spiro atoms. The summed E-state index contributed by atoms with van der Waals surface area (Å²) in [5, 5.41) is 7.97. The van der Waals surface area contributed by atoms with Gasteiger partial charge >= 0.3 is 0 Å². The summed E-state index contributed by atoms with van der Waals surface area (Å²) in [6.07, 6.45) is 0. The molecule has 2 atom stereocenters. The zero-order valence-electron chi connectivity index (χ0n) is 14.2. The van der Waals surface area contributed by atoms with Crippen molar-refractivity contribution >= 4 is 46.1 Å². The Labute approximate surface area is 167 Å². The lowest BCUT2D eigenvalue weighted by molar-refractivity contribution is -0.703. The second-order valence-electron chi connectivity index (χ2n) is 6.00. The molecule has 3 rings (SSSR count). The molecule has 1 heterocycles. The molecule has 0 radical (unpaired) electrons. The van der Waals surface area contributed by atoms with Crippen molar-refractivity contribution in [3.05, 3.63) is 86.5 Å². The van der Waals surface area contributed by atoms with Gasteiger partial charge in [-0.2, -0.15) is 0 Å². The van der Waals surface area contributed by atoms with Crippen LogP contribution in [0, 0.1) is 0 Å². The summed E-state index contributed by atoms with van der Waals surface area (Å²) in [6, 6.07) is 19.1. The van der Waals surface area contributed by atoms with Crippen LogP contribution in [0.3, 0.4) is 0 Å². The highest BCUT2D eigenvalue weighted by atomic mass is 35.5. The molecule has 0 aliphatic heterocycles. The third kappa shape index (κ3) is 4.65. The Morgan fingerprint density at radius 1 is 1.08 bits per heavy atom. The summed E-state index contributed by atoms with van der Waals surface area (Å²) in [5.41, 5.74) is 1.73. The Hall–Kier alpha value is -1.85. The van der Waals surface area contributed by atoms with Gasteiger partial charge in [0.05, 0.1) is 15.6 Å². The van der Waals surface area contributed by atoms with E-state index in [-0.39, 0.29) is 18.0 Å². The maximum Gasteiger partial charge on any atom is 0.282 e. The third-order valence-corrected chi connectivity index (χ3v) is 5.60. The van der Waals surface area contributed by atoms with Gasteiger partial charge in [-0.3, -0.25) is 4.79 Å². The maximum absolute atomic E-state index is 12.7. The molecule has 3 nitrogen and oxygen atoms in total. The molecule has 1 amide bonds. The summed E-state index contributed by atoms with van der Waals surface area (Å²) < 4.78 is 0. The van der Waals surface area contributed by atoms with E-state index in [1.807, 2.05) is 31.2 Å². The third-order valence-electron chi connectivity index (χ3n) is 4.09. The largest absolute Gasteiger partial charge is 0.326 e. The van der Waals surface area contributed by atoms with E-state index in [1.54, 1.807) is 29.5 Å². The lowest BCUT2D eigenvalue weighted by Crippen LogP contribution is -2.92. The van der Waals surface area contributed by atoms with Crippen LogP contribution in [0.5, 0.6) is 0 Å². The standard InChI is InChI=1S/C20H18Cl2N2OS/c1-13(20(25)24-17-10-9-15(21)12-16(17)22)23-19(18-8-5-11-26-18)14-6-3-2-4-7-14/h2-13,19,23H,1H3,(H,24,25)/p+1/t13-,19-/m1/s1. The number of quaternary nitrogens is 1. The highest BCUT2D eigenvalue weighted by Crippen LogP contribution is 2.26. The Morgan fingerprint density at radius 3 is 2.50 bits per heavy atom. The summed E-state index contributed by atoms with van der Waals surface area (Å²) in [7, 11) is 0. The van der Waals surface area contributed by atoms with Gasteiger partial charge in [-0.15, -0.1) is 11.3 Å². The lowest BCUT2D eigenvalue weighted by Gasteiger charge is -2.19. The first-order valence-corrected chi connectivity index (χ1v) is 9.87. The Balaban J connectivity index is 1.75. The topological polar surface area (TPSA) is 45.7 Å². The Kier molecular flexibility index (Phi) is 6.33. The minimum atomic E-state index is -0.297. The number of amides is 1. The van der Waals surface area contributed by atoms with Crippen LogP contribution >= 0.6 is 34.5 Å². The van der Waals surface area contributed by atoms with Crippen LogP contribution in [0.2, 0.25) is 10.0 Å². The molecule has 0 saturated heterocycles. The van der Waals surface area contributed by atoms with Crippen LogP contribution in [0.25, 0.3) is 0 Å². The molecular weight excluding hydrogens is 387 g/mol. The average Bonchev–Trinajstić information content (AvgIpc) is 3.17. The second-order valence-corrected chi connectivity index (χ2v) is 7.82. The Bertz CT molecular complexity index is 869. The van der Waals surface area contributed by atoms with E-state index in [9.17, 15) is 4.79 Å². The number of halogens is 2. The summed E-state index contributed by atoms with van der Waals surface area (Å²) in [5.74, 6) is -0.105. The van der Waals surface area contributed by atoms with Gasteiger partial charge in [-0.05, 0) is 36.6 Å². The highest BCUT2D eigenvalue weighted by molar-refractivity contribution is 7.10. The molecule has 26 heavy (non-hydrogen) atoms. The number of thiophene rings is 1. The van der Waals surface area contributed by atoms with Crippen LogP contribution in [-0.4, -0.2) is 11.9 Å². The molecule has 0 aliphatic carbocycles. The second kappa shape index (κ2) is 8.69. The van der Waals surface area contributed by atoms with Crippen molar-refractivity contribution in [3.63, 3.8) is 0 Å². The molecule has 0 fully saturated rings. The smallest absolute Gasteiger partial charge is 0.282 e. The number of nitrogens with two attached hydrogens (primary N) is 1. The average molecular weight is 406 g/mol. The maximum atomic E-state index is 12.7. The SMILES string of the molecule is C[C@@H]([NH2+][C@H](c1ccccc1)c1cccs1)C(=O)Nc1ccc(Cl)cc1Cl. The van der Waals surface area contributed by atoms with E-state index >= 15 is 0 Å². The van der Waals surface area contributed by atoms with E-state index < -0.39 is 0 Å². The van der Waals surface area contributed by atoms with Gasteiger partial charge in [-0.25, -0.2) is 0 Å². The van der Waals surface area contributed by atoms with E-state index in [4.69, 9.17) is 23.2 Å². The number of nitrogens with one attached hydrogen (secondary N) is 1. The zero-order valence-corrected chi connectivity index (χ0v) is 16.5. The van der Waals surface area contributed by atoms with Crippen molar-refractivity contribution in [1.82, 2.24) is 0 Å². The first kappa shape index (κ1) is 18.9. The minimum absolute atomic E-state index is 0.0673. The molecule has 6 heteroatoms. The number of benzene rings is 2. The van der Waals surface area contributed by atoms with Gasteiger partial charge in [0.15, 0.2) is 6.04 Å². The molecule has 0 saturated carbocycles. The van der Waals surface area contributed by atoms with Crippen molar-refractivity contribution in [2.24, 2.45) is 0 Å². The summed E-state index contributed by atoms with van der Waals surface area (Å²) in [6.45, 7) is 1.89. The van der Waals surface area contributed by atoms with Crippen molar-refractivity contribution in [2.75, 3.05) is 5.32 Å². The van der Waals surface area contributed by atoms with Crippen LogP contribution in [0.15, 0.2) is 66.0 Å². The monoisotopic (exact) mass is 405 g/mol. The fourth-order valence-electron chi connectivity index (χ4n) is 2.71. The van der Waals surface area contributed by atoms with Crippen molar-refractivity contribution < 1.29 is 10.1 Å². The summed E-state index contributed by atoms with van der Waals surface area (Å²) in [4.78, 5) is 13.9. The predicted octanol–water partition coefficient (Wildman–Crippen LogP) is 4.73. The minimum Gasteiger partial charge on any atom is -0.326 e.